The van der Waals surface area contributed by atoms with E-state index in [1.165, 1.54) is 6.07 Å². The van der Waals surface area contributed by atoms with Crippen molar-refractivity contribution in [3.63, 3.8) is 0 Å². The highest BCUT2D eigenvalue weighted by Crippen LogP contribution is 2.37. The maximum absolute atomic E-state index is 9.47. The maximum Gasteiger partial charge on any atom is 0.117 e. The van der Waals surface area contributed by atoms with E-state index in [2.05, 4.69) is 0 Å². The molecule has 0 saturated heterocycles. The molecule has 0 heterocycles. The summed E-state index contributed by atoms with van der Waals surface area (Å²) in [5.74, 6) is 0.0735. The zero-order chi connectivity index (χ0) is 11.7. The van der Waals surface area contributed by atoms with Gasteiger partial charge < -0.3 is 5.11 Å². The fourth-order valence-electron chi connectivity index (χ4n) is 1.44. The lowest BCUT2D eigenvalue weighted by atomic mass is 10.1. The Morgan fingerprint density at radius 1 is 0.938 bits per heavy atom. The Kier molecular flexibility index (Phi) is 3.29. The molecule has 16 heavy (non-hydrogen) atoms. The first kappa shape index (κ1) is 11.6. The summed E-state index contributed by atoms with van der Waals surface area (Å²) < 4.78 is 0. The second kappa shape index (κ2) is 4.54. The highest BCUT2D eigenvalue weighted by molar-refractivity contribution is 6.44. The Labute approximate surface area is 108 Å². The van der Waals surface area contributed by atoms with E-state index >= 15 is 0 Å². The van der Waals surface area contributed by atoms with Crippen molar-refractivity contribution >= 4 is 34.8 Å². The number of hydrogen-bond donors (Lipinski definition) is 1. The molecule has 0 aliphatic rings. The summed E-state index contributed by atoms with van der Waals surface area (Å²) in [6.07, 6.45) is 0. The van der Waals surface area contributed by atoms with Crippen molar-refractivity contribution in [1.82, 2.24) is 0 Å². The van der Waals surface area contributed by atoms with E-state index in [4.69, 9.17) is 34.8 Å². The monoisotopic (exact) mass is 272 g/mol. The molecule has 1 nitrogen and oxygen atoms in total. The molecule has 0 atom stereocenters. The Bertz CT molecular complexity index is 538. The van der Waals surface area contributed by atoms with Crippen LogP contribution < -0.4 is 0 Å². The van der Waals surface area contributed by atoms with E-state index in [1.807, 2.05) is 12.1 Å². The highest BCUT2D eigenvalue weighted by Gasteiger charge is 2.09. The van der Waals surface area contributed by atoms with E-state index in [-0.39, 0.29) is 5.75 Å². The van der Waals surface area contributed by atoms with Gasteiger partial charge in [-0.15, -0.1) is 0 Å². The van der Waals surface area contributed by atoms with Crippen LogP contribution in [0.5, 0.6) is 5.75 Å². The van der Waals surface area contributed by atoms with Crippen LogP contribution in [0.1, 0.15) is 0 Å². The van der Waals surface area contributed by atoms with Gasteiger partial charge in [0.1, 0.15) is 5.75 Å². The van der Waals surface area contributed by atoms with Gasteiger partial charge in [-0.25, -0.2) is 0 Å². The standard InChI is InChI=1S/C12H7Cl3O/c13-8-3-1-2-7(4-8)10-5-9(16)6-11(14)12(10)15/h1-6,16H. The maximum atomic E-state index is 9.47. The van der Waals surface area contributed by atoms with Crippen molar-refractivity contribution in [2.24, 2.45) is 0 Å². The summed E-state index contributed by atoms with van der Waals surface area (Å²) in [4.78, 5) is 0. The molecule has 0 spiro atoms. The zero-order valence-electron chi connectivity index (χ0n) is 8.05. The number of hydrogen-bond acceptors (Lipinski definition) is 1. The van der Waals surface area contributed by atoms with Crippen molar-refractivity contribution in [1.29, 1.82) is 0 Å². The van der Waals surface area contributed by atoms with Crippen molar-refractivity contribution in [3.05, 3.63) is 51.5 Å². The van der Waals surface area contributed by atoms with Crippen molar-refractivity contribution < 1.29 is 5.11 Å². The Balaban J connectivity index is 2.64. The summed E-state index contributed by atoms with van der Waals surface area (Å²) in [5, 5.41) is 10.8. The lowest BCUT2D eigenvalue weighted by Crippen LogP contribution is -1.81. The molecule has 0 aromatic heterocycles. The topological polar surface area (TPSA) is 20.2 Å². The van der Waals surface area contributed by atoms with E-state index in [0.717, 1.165) is 5.56 Å². The van der Waals surface area contributed by atoms with Crippen molar-refractivity contribution in [2.45, 2.75) is 0 Å². The lowest BCUT2D eigenvalue weighted by Gasteiger charge is -2.07. The SMILES string of the molecule is Oc1cc(Cl)c(Cl)c(-c2cccc(Cl)c2)c1. The molecule has 2 aromatic rings. The van der Waals surface area contributed by atoms with Gasteiger partial charge in [0.05, 0.1) is 10.0 Å². The molecular formula is C12H7Cl3O. The number of rotatable bonds is 1. The van der Waals surface area contributed by atoms with Crippen molar-refractivity contribution in [3.8, 4) is 16.9 Å². The smallest absolute Gasteiger partial charge is 0.117 e. The van der Waals surface area contributed by atoms with Crippen LogP contribution in [0.4, 0.5) is 0 Å². The summed E-state index contributed by atoms with van der Waals surface area (Å²) >= 11 is 17.8. The predicted octanol–water partition coefficient (Wildman–Crippen LogP) is 5.02. The first-order valence-electron chi connectivity index (χ1n) is 4.52. The molecule has 4 heteroatoms. The van der Waals surface area contributed by atoms with Crippen molar-refractivity contribution in [2.75, 3.05) is 0 Å². The molecule has 0 fully saturated rings. The van der Waals surface area contributed by atoms with Crippen LogP contribution in [0.3, 0.4) is 0 Å². The highest BCUT2D eigenvalue weighted by atomic mass is 35.5. The van der Waals surface area contributed by atoms with E-state index in [9.17, 15) is 5.11 Å². The second-order valence-electron chi connectivity index (χ2n) is 3.30. The Morgan fingerprint density at radius 2 is 1.69 bits per heavy atom. The fourth-order valence-corrected chi connectivity index (χ4v) is 2.06. The Morgan fingerprint density at radius 3 is 2.38 bits per heavy atom. The summed E-state index contributed by atoms with van der Waals surface area (Å²) in [6, 6.07) is 10.1. The molecule has 2 aromatic carbocycles. The summed E-state index contributed by atoms with van der Waals surface area (Å²) in [5.41, 5.74) is 1.48. The van der Waals surface area contributed by atoms with Gasteiger partial charge in [0, 0.05) is 16.7 Å². The van der Waals surface area contributed by atoms with Gasteiger partial charge >= 0.3 is 0 Å². The molecule has 82 valence electrons. The largest absolute Gasteiger partial charge is 0.508 e. The van der Waals surface area contributed by atoms with Crippen LogP contribution in [0, 0.1) is 0 Å². The summed E-state index contributed by atoms with van der Waals surface area (Å²) in [7, 11) is 0. The van der Waals surface area contributed by atoms with Gasteiger partial charge in [0.15, 0.2) is 0 Å². The lowest BCUT2D eigenvalue weighted by molar-refractivity contribution is 0.475. The second-order valence-corrected chi connectivity index (χ2v) is 4.52. The molecule has 0 unspecified atom stereocenters. The third-order valence-electron chi connectivity index (χ3n) is 2.15. The molecule has 1 N–H and O–H groups in total. The van der Waals surface area contributed by atoms with E-state index in [1.54, 1.807) is 18.2 Å². The fraction of sp³-hybridized carbons (Fsp3) is 0. The third kappa shape index (κ3) is 2.27. The molecule has 0 aliphatic carbocycles. The van der Waals surface area contributed by atoms with E-state index < -0.39 is 0 Å². The van der Waals surface area contributed by atoms with Gasteiger partial charge in [0.25, 0.3) is 0 Å². The van der Waals surface area contributed by atoms with Gasteiger partial charge in [-0.3, -0.25) is 0 Å². The molecular weight excluding hydrogens is 266 g/mol. The van der Waals surface area contributed by atoms with Crippen LogP contribution in [-0.4, -0.2) is 5.11 Å². The minimum Gasteiger partial charge on any atom is -0.508 e. The number of aromatic hydroxyl groups is 1. The normalized spacial score (nSPS) is 10.4. The predicted molar refractivity (Wildman–Crippen MR) is 68.6 cm³/mol. The minimum atomic E-state index is 0.0735. The van der Waals surface area contributed by atoms with Crippen LogP contribution in [0.2, 0.25) is 15.1 Å². The Hall–Kier alpha value is -0.890. The van der Waals surface area contributed by atoms with Crippen LogP contribution >= 0.6 is 34.8 Å². The number of halogens is 3. The zero-order valence-corrected chi connectivity index (χ0v) is 10.3. The number of benzene rings is 2. The summed E-state index contributed by atoms with van der Waals surface area (Å²) in [6.45, 7) is 0. The molecule has 2 rings (SSSR count). The van der Waals surface area contributed by atoms with Gasteiger partial charge in [-0.05, 0) is 23.8 Å². The molecule has 0 aliphatic heterocycles. The third-order valence-corrected chi connectivity index (χ3v) is 3.19. The molecule has 0 amide bonds. The van der Waals surface area contributed by atoms with Gasteiger partial charge in [-0.1, -0.05) is 46.9 Å². The minimum absolute atomic E-state index is 0.0735. The molecule has 0 bridgehead atoms. The first-order chi connectivity index (χ1) is 7.58. The molecule has 0 saturated carbocycles. The van der Waals surface area contributed by atoms with E-state index in [0.29, 0.717) is 20.6 Å². The molecule has 0 radical (unpaired) electrons. The quantitative estimate of drug-likeness (QED) is 0.773. The number of phenols is 1. The van der Waals surface area contributed by atoms with Crippen LogP contribution in [0.25, 0.3) is 11.1 Å². The van der Waals surface area contributed by atoms with Crippen LogP contribution in [0.15, 0.2) is 36.4 Å². The number of phenolic OH excluding ortho intramolecular Hbond substituents is 1. The van der Waals surface area contributed by atoms with Gasteiger partial charge in [0.2, 0.25) is 0 Å². The van der Waals surface area contributed by atoms with Gasteiger partial charge in [-0.2, -0.15) is 0 Å². The van der Waals surface area contributed by atoms with Crippen LogP contribution in [-0.2, 0) is 0 Å². The average Bonchev–Trinajstić information content (AvgIpc) is 2.23. The average molecular weight is 274 g/mol. The first-order valence-corrected chi connectivity index (χ1v) is 5.65.